The number of hydrogen-bond acceptors (Lipinski definition) is 5. The molecule has 3 heterocycles. The molecule has 3 aromatic heterocycles. The third-order valence-electron chi connectivity index (χ3n) is 4.43. The van der Waals surface area contributed by atoms with Gasteiger partial charge in [-0.15, -0.1) is 22.7 Å². The van der Waals surface area contributed by atoms with E-state index in [9.17, 15) is 22.8 Å². The summed E-state index contributed by atoms with van der Waals surface area (Å²) in [5, 5.41) is 6.03. The van der Waals surface area contributed by atoms with E-state index in [1.807, 2.05) is 28.2 Å². The summed E-state index contributed by atoms with van der Waals surface area (Å²) in [5.41, 5.74) is 0.148. The normalized spacial score (nSPS) is 12.8. The molecular formula is C20H14F3N3O2S2. The molecule has 4 rings (SSSR count). The van der Waals surface area contributed by atoms with Crippen molar-refractivity contribution in [2.24, 2.45) is 0 Å². The first-order valence-electron chi connectivity index (χ1n) is 8.76. The molecule has 30 heavy (non-hydrogen) atoms. The van der Waals surface area contributed by atoms with Crippen LogP contribution >= 0.6 is 22.7 Å². The van der Waals surface area contributed by atoms with E-state index >= 15 is 0 Å². The zero-order valence-electron chi connectivity index (χ0n) is 15.2. The fraction of sp³-hybridized carbons (Fsp3) is 0.150. The molecule has 1 N–H and O–H groups in total. The van der Waals surface area contributed by atoms with Gasteiger partial charge in [0.15, 0.2) is 6.04 Å². The van der Waals surface area contributed by atoms with Crippen LogP contribution in [0.2, 0.25) is 0 Å². The van der Waals surface area contributed by atoms with Gasteiger partial charge < -0.3 is 5.32 Å². The molecule has 0 saturated carbocycles. The van der Waals surface area contributed by atoms with Gasteiger partial charge >= 0.3 is 6.18 Å². The summed E-state index contributed by atoms with van der Waals surface area (Å²) < 4.78 is 41.4. The number of amides is 1. The molecule has 0 fully saturated rings. The molecule has 1 atom stereocenters. The van der Waals surface area contributed by atoms with Crippen molar-refractivity contribution in [3.8, 4) is 10.4 Å². The minimum Gasteiger partial charge on any atom is -0.339 e. The van der Waals surface area contributed by atoms with Crippen molar-refractivity contribution in [2.45, 2.75) is 18.8 Å². The second-order valence-corrected chi connectivity index (χ2v) is 8.24. The SMILES string of the molecule is O=C(Cn1cnc2scc(-c3cccs3)c2c1=O)NC(c1ccccc1)C(F)(F)F. The smallest absolute Gasteiger partial charge is 0.339 e. The lowest BCUT2D eigenvalue weighted by Crippen LogP contribution is -2.41. The Bertz CT molecular complexity index is 1230. The fourth-order valence-electron chi connectivity index (χ4n) is 3.05. The Labute approximate surface area is 176 Å². The number of rotatable bonds is 5. The quantitative estimate of drug-likeness (QED) is 0.484. The zero-order chi connectivity index (χ0) is 21.3. The molecule has 1 aromatic carbocycles. The standard InChI is InChI=1S/C20H14F3N3O2S2/c21-20(22,23)17(12-5-2-1-3-6-12)25-15(27)9-26-11-24-18-16(19(26)28)13(10-30-18)14-7-4-8-29-14/h1-8,10-11,17H,9H2,(H,25,27). The molecule has 5 nitrogen and oxygen atoms in total. The topological polar surface area (TPSA) is 64.0 Å². The number of hydrogen-bond donors (Lipinski definition) is 1. The average molecular weight is 449 g/mol. The van der Waals surface area contributed by atoms with Gasteiger partial charge in [-0.2, -0.15) is 13.2 Å². The molecule has 0 aliphatic carbocycles. The highest BCUT2D eigenvalue weighted by atomic mass is 32.1. The van der Waals surface area contributed by atoms with E-state index in [0.717, 1.165) is 9.44 Å². The summed E-state index contributed by atoms with van der Waals surface area (Å²) in [4.78, 5) is 30.9. The van der Waals surface area contributed by atoms with Crippen LogP contribution in [0.15, 0.2) is 64.3 Å². The first-order chi connectivity index (χ1) is 14.3. The Kier molecular flexibility index (Phi) is 5.44. The van der Waals surface area contributed by atoms with E-state index in [1.54, 1.807) is 6.07 Å². The van der Waals surface area contributed by atoms with E-state index in [0.29, 0.717) is 15.8 Å². The third kappa shape index (κ3) is 4.01. The fourth-order valence-corrected chi connectivity index (χ4v) is 4.78. The van der Waals surface area contributed by atoms with Gasteiger partial charge in [0.05, 0.1) is 11.7 Å². The molecular weight excluding hydrogens is 435 g/mol. The number of nitrogens with zero attached hydrogens (tertiary/aromatic N) is 2. The van der Waals surface area contributed by atoms with Crippen molar-refractivity contribution in [3.63, 3.8) is 0 Å². The maximum atomic E-state index is 13.5. The molecule has 0 bridgehead atoms. The number of alkyl halides is 3. The Morgan fingerprint density at radius 1 is 1.13 bits per heavy atom. The lowest BCUT2D eigenvalue weighted by atomic mass is 10.1. The van der Waals surface area contributed by atoms with Gasteiger partial charge in [-0.3, -0.25) is 14.2 Å². The van der Waals surface area contributed by atoms with Crippen molar-refractivity contribution in [3.05, 3.63) is 75.5 Å². The van der Waals surface area contributed by atoms with Crippen LogP contribution in [0, 0.1) is 0 Å². The second kappa shape index (κ2) is 8.04. The second-order valence-electron chi connectivity index (χ2n) is 6.44. The van der Waals surface area contributed by atoms with Crippen molar-refractivity contribution in [2.75, 3.05) is 0 Å². The Morgan fingerprint density at radius 2 is 1.90 bits per heavy atom. The van der Waals surface area contributed by atoms with Crippen molar-refractivity contribution >= 4 is 38.8 Å². The van der Waals surface area contributed by atoms with E-state index in [1.165, 1.54) is 53.3 Å². The monoisotopic (exact) mass is 449 g/mol. The van der Waals surface area contributed by atoms with Crippen LogP contribution in [0.1, 0.15) is 11.6 Å². The lowest BCUT2D eigenvalue weighted by molar-refractivity contribution is -0.163. The molecule has 0 aliphatic rings. The van der Waals surface area contributed by atoms with Crippen LogP contribution in [-0.2, 0) is 11.3 Å². The predicted octanol–water partition coefficient (Wildman–Crippen LogP) is 4.61. The van der Waals surface area contributed by atoms with Crippen molar-refractivity contribution in [1.29, 1.82) is 0 Å². The zero-order valence-corrected chi connectivity index (χ0v) is 16.9. The number of fused-ring (bicyclic) bond motifs is 1. The van der Waals surface area contributed by atoms with Crippen LogP contribution in [0.4, 0.5) is 13.2 Å². The van der Waals surface area contributed by atoms with Crippen LogP contribution in [0.5, 0.6) is 0 Å². The molecule has 10 heteroatoms. The van der Waals surface area contributed by atoms with E-state index < -0.39 is 30.2 Å². The van der Waals surface area contributed by atoms with Gasteiger partial charge in [0.25, 0.3) is 5.56 Å². The predicted molar refractivity (Wildman–Crippen MR) is 111 cm³/mol. The van der Waals surface area contributed by atoms with Gasteiger partial charge in [0.2, 0.25) is 5.91 Å². The Hall–Kier alpha value is -2.98. The molecule has 1 amide bonds. The maximum Gasteiger partial charge on any atom is 0.412 e. The number of carbonyl (C=O) groups excluding carboxylic acids is 1. The number of carbonyl (C=O) groups is 1. The Morgan fingerprint density at radius 3 is 2.57 bits per heavy atom. The minimum atomic E-state index is -4.68. The van der Waals surface area contributed by atoms with Gasteiger partial charge in [0, 0.05) is 15.8 Å². The molecule has 1 unspecified atom stereocenters. The number of aromatic nitrogens is 2. The number of nitrogens with one attached hydrogen (secondary N) is 1. The van der Waals surface area contributed by atoms with Gasteiger partial charge in [-0.05, 0) is 17.0 Å². The molecule has 154 valence electrons. The van der Waals surface area contributed by atoms with Gasteiger partial charge in [0.1, 0.15) is 11.4 Å². The summed E-state index contributed by atoms with van der Waals surface area (Å²) in [6.45, 7) is -0.569. The average Bonchev–Trinajstić information content (AvgIpc) is 3.38. The summed E-state index contributed by atoms with van der Waals surface area (Å²) in [6, 6.07) is 8.65. The summed E-state index contributed by atoms with van der Waals surface area (Å²) in [5.74, 6) is -0.933. The molecule has 0 aliphatic heterocycles. The summed E-state index contributed by atoms with van der Waals surface area (Å²) in [6.07, 6.45) is -3.49. The van der Waals surface area contributed by atoms with Gasteiger partial charge in [-0.25, -0.2) is 4.98 Å². The van der Waals surface area contributed by atoms with Crippen molar-refractivity contribution in [1.82, 2.24) is 14.9 Å². The number of thiophene rings is 2. The third-order valence-corrected chi connectivity index (χ3v) is 6.22. The number of benzene rings is 1. The highest BCUT2D eigenvalue weighted by molar-refractivity contribution is 7.18. The number of halogens is 3. The Balaban J connectivity index is 1.62. The molecule has 0 spiro atoms. The minimum absolute atomic E-state index is 0.0860. The first-order valence-corrected chi connectivity index (χ1v) is 10.5. The lowest BCUT2D eigenvalue weighted by Gasteiger charge is -2.22. The van der Waals surface area contributed by atoms with Crippen molar-refractivity contribution < 1.29 is 18.0 Å². The molecule has 0 radical (unpaired) electrons. The van der Waals surface area contributed by atoms with Gasteiger partial charge in [-0.1, -0.05) is 36.4 Å². The van der Waals surface area contributed by atoms with Crippen LogP contribution in [-0.4, -0.2) is 21.6 Å². The highest BCUT2D eigenvalue weighted by Gasteiger charge is 2.41. The van der Waals surface area contributed by atoms with E-state index in [2.05, 4.69) is 4.98 Å². The largest absolute Gasteiger partial charge is 0.412 e. The maximum absolute atomic E-state index is 13.5. The van der Waals surface area contributed by atoms with Crippen LogP contribution < -0.4 is 10.9 Å². The van der Waals surface area contributed by atoms with Crippen LogP contribution in [0.25, 0.3) is 20.7 Å². The molecule has 0 saturated heterocycles. The van der Waals surface area contributed by atoms with Crippen LogP contribution in [0.3, 0.4) is 0 Å². The van der Waals surface area contributed by atoms with E-state index in [4.69, 9.17) is 0 Å². The summed E-state index contributed by atoms with van der Waals surface area (Å²) in [7, 11) is 0. The van der Waals surface area contributed by atoms with E-state index in [-0.39, 0.29) is 5.56 Å². The molecule has 4 aromatic rings. The first kappa shape index (κ1) is 20.3. The highest BCUT2D eigenvalue weighted by Crippen LogP contribution is 2.34. The summed E-state index contributed by atoms with van der Waals surface area (Å²) >= 11 is 2.76.